The first kappa shape index (κ1) is 18.7. The van der Waals surface area contributed by atoms with E-state index in [1.165, 1.54) is 47.5 Å². The van der Waals surface area contributed by atoms with Crippen LogP contribution in [0.3, 0.4) is 0 Å². The molecule has 0 bridgehead atoms. The Morgan fingerprint density at radius 1 is 1.27 bits per heavy atom. The van der Waals surface area contributed by atoms with Gasteiger partial charge < -0.3 is 5.32 Å². The molecule has 26 heavy (non-hydrogen) atoms. The molecule has 0 aliphatic rings. The van der Waals surface area contributed by atoms with Gasteiger partial charge in [0.2, 0.25) is 11.0 Å². The number of rotatable bonds is 8. The number of unbranched alkanes of at least 4 members (excludes halogenated alkanes) is 2. The lowest BCUT2D eigenvalue weighted by atomic mass is 10.1. The average molecular weight is 390 g/mol. The Bertz CT molecular complexity index is 866. The highest BCUT2D eigenvalue weighted by Crippen LogP contribution is 2.23. The fourth-order valence-electron chi connectivity index (χ4n) is 2.86. The van der Waals surface area contributed by atoms with Crippen LogP contribution in [0.15, 0.2) is 17.0 Å². The van der Waals surface area contributed by atoms with E-state index in [0.29, 0.717) is 5.13 Å². The Morgan fingerprint density at radius 3 is 2.85 bits per heavy atom. The van der Waals surface area contributed by atoms with Crippen molar-refractivity contribution in [2.75, 3.05) is 5.32 Å². The van der Waals surface area contributed by atoms with Gasteiger partial charge in [-0.15, -0.1) is 22.7 Å². The Balaban J connectivity index is 1.69. The van der Waals surface area contributed by atoms with E-state index in [2.05, 4.69) is 41.2 Å². The van der Waals surface area contributed by atoms with Crippen LogP contribution in [0.4, 0.5) is 5.13 Å². The summed E-state index contributed by atoms with van der Waals surface area (Å²) >= 11 is 2.92. The highest BCUT2D eigenvalue weighted by molar-refractivity contribution is 7.13. The second-order valence-electron chi connectivity index (χ2n) is 6.20. The third-order valence-electron chi connectivity index (χ3n) is 4.21. The van der Waals surface area contributed by atoms with Crippen LogP contribution in [-0.4, -0.2) is 25.7 Å². The van der Waals surface area contributed by atoms with Gasteiger partial charge in [-0.25, -0.2) is 14.6 Å². The zero-order valence-corrected chi connectivity index (χ0v) is 16.9. The van der Waals surface area contributed by atoms with Crippen LogP contribution in [0.1, 0.15) is 48.8 Å². The van der Waals surface area contributed by atoms with Crippen molar-refractivity contribution in [2.45, 2.75) is 52.9 Å². The van der Waals surface area contributed by atoms with Crippen molar-refractivity contribution in [1.29, 1.82) is 0 Å². The number of amides is 1. The standard InChI is InChI=1S/C18H23N5OS2/c1-4-5-6-7-15-12(2)22-23(13(15)3)18-20-14(11-26-18)10-16(24)21-17-19-8-9-25-17/h8-9,11H,4-7,10H2,1-3H3,(H,19,21,24). The molecule has 0 radical (unpaired) electrons. The fraction of sp³-hybridized carbons (Fsp3) is 0.444. The summed E-state index contributed by atoms with van der Waals surface area (Å²) in [6.45, 7) is 6.36. The van der Waals surface area contributed by atoms with Crippen molar-refractivity contribution in [3.63, 3.8) is 0 Å². The van der Waals surface area contributed by atoms with Crippen molar-refractivity contribution in [1.82, 2.24) is 19.7 Å². The predicted molar refractivity (Wildman–Crippen MR) is 106 cm³/mol. The number of aryl methyl sites for hydroxylation is 1. The molecular weight excluding hydrogens is 366 g/mol. The number of carbonyl (C=O) groups is 1. The van der Waals surface area contributed by atoms with Gasteiger partial charge in [0.25, 0.3) is 0 Å². The molecule has 3 aromatic heterocycles. The SMILES string of the molecule is CCCCCc1c(C)nn(-c2nc(CC(=O)Nc3nccs3)cs2)c1C. The lowest BCUT2D eigenvalue weighted by Gasteiger charge is -2.02. The van der Waals surface area contributed by atoms with Gasteiger partial charge in [0, 0.05) is 22.7 Å². The van der Waals surface area contributed by atoms with E-state index in [4.69, 9.17) is 0 Å². The predicted octanol–water partition coefficient (Wildman–Crippen LogP) is 4.32. The maximum Gasteiger partial charge on any atom is 0.232 e. The maximum atomic E-state index is 12.1. The summed E-state index contributed by atoms with van der Waals surface area (Å²) in [6, 6.07) is 0. The van der Waals surface area contributed by atoms with Crippen LogP contribution in [0.2, 0.25) is 0 Å². The number of nitrogens with one attached hydrogen (secondary N) is 1. The van der Waals surface area contributed by atoms with E-state index in [-0.39, 0.29) is 12.3 Å². The monoisotopic (exact) mass is 389 g/mol. The number of nitrogens with zero attached hydrogens (tertiary/aromatic N) is 4. The summed E-state index contributed by atoms with van der Waals surface area (Å²) in [5.41, 5.74) is 4.28. The fourth-order valence-corrected chi connectivity index (χ4v) is 4.23. The number of carbonyl (C=O) groups excluding carboxylic acids is 1. The number of anilines is 1. The molecule has 0 spiro atoms. The maximum absolute atomic E-state index is 12.1. The molecule has 3 aromatic rings. The number of hydrogen-bond donors (Lipinski definition) is 1. The van der Waals surface area contributed by atoms with Gasteiger partial charge >= 0.3 is 0 Å². The molecule has 1 amide bonds. The zero-order valence-electron chi connectivity index (χ0n) is 15.3. The van der Waals surface area contributed by atoms with E-state index < -0.39 is 0 Å². The zero-order chi connectivity index (χ0) is 18.5. The van der Waals surface area contributed by atoms with E-state index in [0.717, 1.165) is 28.6 Å². The largest absolute Gasteiger partial charge is 0.302 e. The van der Waals surface area contributed by atoms with Crippen LogP contribution in [0.5, 0.6) is 0 Å². The van der Waals surface area contributed by atoms with Crippen LogP contribution in [0, 0.1) is 13.8 Å². The molecule has 0 aliphatic carbocycles. The summed E-state index contributed by atoms with van der Waals surface area (Å²) in [4.78, 5) is 20.8. The Kier molecular flexibility index (Phi) is 6.16. The van der Waals surface area contributed by atoms with E-state index in [9.17, 15) is 4.79 Å². The van der Waals surface area contributed by atoms with Crippen LogP contribution in [0.25, 0.3) is 5.13 Å². The highest BCUT2D eigenvalue weighted by atomic mass is 32.1. The molecule has 138 valence electrons. The third kappa shape index (κ3) is 4.37. The molecule has 0 saturated heterocycles. The topological polar surface area (TPSA) is 72.7 Å². The van der Waals surface area contributed by atoms with Gasteiger partial charge in [-0.3, -0.25) is 4.79 Å². The molecule has 0 unspecified atom stereocenters. The van der Waals surface area contributed by atoms with Crippen LogP contribution < -0.4 is 5.32 Å². The van der Waals surface area contributed by atoms with Crippen LogP contribution in [-0.2, 0) is 17.6 Å². The van der Waals surface area contributed by atoms with Crippen molar-refractivity contribution >= 4 is 33.7 Å². The van der Waals surface area contributed by atoms with Gasteiger partial charge in [0.05, 0.1) is 17.8 Å². The van der Waals surface area contributed by atoms with E-state index >= 15 is 0 Å². The van der Waals surface area contributed by atoms with Crippen molar-refractivity contribution in [3.05, 3.63) is 39.6 Å². The van der Waals surface area contributed by atoms with Gasteiger partial charge in [-0.1, -0.05) is 19.8 Å². The van der Waals surface area contributed by atoms with Gasteiger partial charge in [-0.2, -0.15) is 5.10 Å². The molecule has 8 heteroatoms. The lowest BCUT2D eigenvalue weighted by molar-refractivity contribution is -0.115. The quantitative estimate of drug-likeness (QED) is 0.583. The van der Waals surface area contributed by atoms with E-state index in [1.807, 2.05) is 15.4 Å². The minimum Gasteiger partial charge on any atom is -0.302 e. The number of thiazole rings is 2. The summed E-state index contributed by atoms with van der Waals surface area (Å²) < 4.78 is 1.91. The second kappa shape index (κ2) is 8.55. The first-order chi connectivity index (χ1) is 12.6. The van der Waals surface area contributed by atoms with Crippen molar-refractivity contribution < 1.29 is 4.79 Å². The Morgan fingerprint density at radius 2 is 2.12 bits per heavy atom. The number of hydrogen-bond acceptors (Lipinski definition) is 6. The van der Waals surface area contributed by atoms with Crippen molar-refractivity contribution in [2.24, 2.45) is 0 Å². The van der Waals surface area contributed by atoms with Gasteiger partial charge in [0.15, 0.2) is 5.13 Å². The van der Waals surface area contributed by atoms with Crippen molar-refractivity contribution in [3.8, 4) is 5.13 Å². The van der Waals surface area contributed by atoms with Gasteiger partial charge in [-0.05, 0) is 32.3 Å². The number of aromatic nitrogens is 4. The molecule has 0 saturated carbocycles. The minimum absolute atomic E-state index is 0.106. The van der Waals surface area contributed by atoms with Gasteiger partial charge in [0.1, 0.15) is 0 Å². The molecule has 1 N–H and O–H groups in total. The van der Waals surface area contributed by atoms with Crippen LogP contribution >= 0.6 is 22.7 Å². The molecule has 0 aliphatic heterocycles. The Labute approximate surface area is 161 Å². The first-order valence-corrected chi connectivity index (χ1v) is 10.5. The summed E-state index contributed by atoms with van der Waals surface area (Å²) in [5, 5.41) is 12.6. The smallest absolute Gasteiger partial charge is 0.232 e. The third-order valence-corrected chi connectivity index (χ3v) is 5.77. The molecule has 6 nitrogen and oxygen atoms in total. The molecule has 3 heterocycles. The minimum atomic E-state index is -0.106. The average Bonchev–Trinajstić information content (AvgIpc) is 3.32. The molecule has 0 atom stereocenters. The Hall–Kier alpha value is -2.06. The molecular formula is C18H23N5OS2. The molecule has 0 fully saturated rings. The van der Waals surface area contributed by atoms with E-state index in [1.54, 1.807) is 6.20 Å². The highest BCUT2D eigenvalue weighted by Gasteiger charge is 2.16. The summed E-state index contributed by atoms with van der Waals surface area (Å²) in [7, 11) is 0. The lowest BCUT2D eigenvalue weighted by Crippen LogP contribution is -2.14. The molecule has 3 rings (SSSR count). The normalized spacial score (nSPS) is 11.0. The summed E-state index contributed by atoms with van der Waals surface area (Å²) in [6.07, 6.45) is 6.59. The molecule has 0 aromatic carbocycles. The second-order valence-corrected chi connectivity index (χ2v) is 7.93. The summed E-state index contributed by atoms with van der Waals surface area (Å²) in [5.74, 6) is -0.106. The first-order valence-electron chi connectivity index (χ1n) is 8.77.